The van der Waals surface area contributed by atoms with E-state index in [9.17, 15) is 20.4 Å². The maximum atomic E-state index is 12.4. The summed E-state index contributed by atoms with van der Waals surface area (Å²) >= 11 is 3.44. The van der Waals surface area contributed by atoms with E-state index in [4.69, 9.17) is 4.74 Å². The highest BCUT2D eigenvalue weighted by atomic mass is 79.9. The molecular formula is C24H16BrN3O3. The number of ether oxygens (including phenoxy) is 1. The van der Waals surface area contributed by atoms with Crippen molar-refractivity contribution in [3.05, 3.63) is 93.5 Å². The van der Waals surface area contributed by atoms with Gasteiger partial charge in [0.15, 0.2) is 0 Å². The summed E-state index contributed by atoms with van der Waals surface area (Å²) in [6.07, 6.45) is 1.47. The summed E-state index contributed by atoms with van der Waals surface area (Å²) < 4.78 is 6.45. The monoisotopic (exact) mass is 473 g/mol. The molecule has 3 rings (SSSR count). The van der Waals surface area contributed by atoms with Crippen molar-refractivity contribution >= 4 is 33.6 Å². The second-order valence-corrected chi connectivity index (χ2v) is 7.27. The molecule has 0 aliphatic heterocycles. The molecule has 2 N–H and O–H groups in total. The van der Waals surface area contributed by atoms with Gasteiger partial charge in [0.2, 0.25) is 0 Å². The van der Waals surface area contributed by atoms with Gasteiger partial charge in [0.05, 0.1) is 16.1 Å². The van der Waals surface area contributed by atoms with E-state index in [0.717, 1.165) is 5.56 Å². The smallest absolute Gasteiger partial charge is 0.266 e. The minimum Gasteiger partial charge on any atom is -0.508 e. The van der Waals surface area contributed by atoms with E-state index in [-0.39, 0.29) is 17.9 Å². The molecule has 152 valence electrons. The molecule has 0 saturated carbocycles. The number of phenols is 1. The predicted molar refractivity (Wildman–Crippen MR) is 120 cm³/mol. The van der Waals surface area contributed by atoms with Crippen LogP contribution in [-0.2, 0) is 11.4 Å². The number of phenolic OH excluding ortho intramolecular Hbond substituents is 1. The van der Waals surface area contributed by atoms with Crippen molar-refractivity contribution < 1.29 is 14.6 Å². The number of hydrogen-bond donors (Lipinski definition) is 2. The Hall–Kier alpha value is -4.07. The maximum Gasteiger partial charge on any atom is 0.266 e. The van der Waals surface area contributed by atoms with E-state index < -0.39 is 5.91 Å². The molecule has 0 aliphatic carbocycles. The Morgan fingerprint density at radius 2 is 1.84 bits per heavy atom. The van der Waals surface area contributed by atoms with Crippen LogP contribution in [-0.4, -0.2) is 11.0 Å². The van der Waals surface area contributed by atoms with Gasteiger partial charge in [-0.2, -0.15) is 10.5 Å². The molecular weight excluding hydrogens is 458 g/mol. The first kappa shape index (κ1) is 21.6. The highest BCUT2D eigenvalue weighted by molar-refractivity contribution is 9.10. The van der Waals surface area contributed by atoms with Gasteiger partial charge in [0.1, 0.15) is 29.7 Å². The Morgan fingerprint density at radius 1 is 1.10 bits per heavy atom. The fourth-order valence-corrected chi connectivity index (χ4v) is 3.20. The van der Waals surface area contributed by atoms with Crippen LogP contribution >= 0.6 is 15.9 Å². The fraction of sp³-hybridized carbons (Fsp3) is 0.0417. The van der Waals surface area contributed by atoms with E-state index in [1.165, 1.54) is 30.3 Å². The molecule has 0 radical (unpaired) electrons. The number of nitriles is 2. The van der Waals surface area contributed by atoms with E-state index in [0.29, 0.717) is 27.0 Å². The summed E-state index contributed by atoms with van der Waals surface area (Å²) in [6.45, 7) is 0.232. The standard InChI is InChI=1S/C24H16BrN3O3/c25-22-12-16(5-10-23(22)31-15-18-4-2-1-3-17(18)13-26)11-19(14-27)24(30)28-20-6-8-21(29)9-7-20/h1-12,29H,15H2,(H,28,30)/b19-11+. The van der Waals surface area contributed by atoms with E-state index in [1.54, 1.807) is 30.3 Å². The fourth-order valence-electron chi connectivity index (χ4n) is 2.69. The Balaban J connectivity index is 1.72. The van der Waals surface area contributed by atoms with E-state index in [1.807, 2.05) is 18.2 Å². The number of rotatable bonds is 6. The third kappa shape index (κ3) is 5.72. The Bertz CT molecular complexity index is 1220. The molecule has 0 saturated heterocycles. The van der Waals surface area contributed by atoms with Crippen molar-refractivity contribution in [2.75, 3.05) is 5.32 Å². The number of carbonyl (C=O) groups excluding carboxylic acids is 1. The van der Waals surface area contributed by atoms with E-state index in [2.05, 4.69) is 27.3 Å². The third-order valence-electron chi connectivity index (χ3n) is 4.28. The van der Waals surface area contributed by atoms with Gasteiger partial charge in [-0.1, -0.05) is 24.3 Å². The van der Waals surface area contributed by atoms with Crippen LogP contribution in [0.1, 0.15) is 16.7 Å². The van der Waals surface area contributed by atoms with Gasteiger partial charge in [0.25, 0.3) is 5.91 Å². The number of aromatic hydroxyl groups is 1. The maximum absolute atomic E-state index is 12.4. The quantitative estimate of drug-likeness (QED) is 0.292. The van der Waals surface area contributed by atoms with E-state index >= 15 is 0 Å². The highest BCUT2D eigenvalue weighted by Crippen LogP contribution is 2.28. The largest absolute Gasteiger partial charge is 0.508 e. The van der Waals surface area contributed by atoms with Crippen molar-refractivity contribution in [1.29, 1.82) is 10.5 Å². The molecule has 0 unspecified atom stereocenters. The van der Waals surface area contributed by atoms with Crippen molar-refractivity contribution in [2.24, 2.45) is 0 Å². The van der Waals surface area contributed by atoms with Gasteiger partial charge in [-0.3, -0.25) is 4.79 Å². The van der Waals surface area contributed by atoms with Crippen LogP contribution in [0.3, 0.4) is 0 Å². The first-order chi connectivity index (χ1) is 15.0. The second kappa shape index (κ2) is 10.1. The Kier molecular flexibility index (Phi) is 7.05. The molecule has 0 aromatic heterocycles. The van der Waals surface area contributed by atoms with Crippen LogP contribution < -0.4 is 10.1 Å². The van der Waals surface area contributed by atoms with Gasteiger partial charge in [0, 0.05) is 11.3 Å². The number of benzene rings is 3. The van der Waals surface area contributed by atoms with Crippen LogP contribution in [0.15, 0.2) is 76.8 Å². The summed E-state index contributed by atoms with van der Waals surface area (Å²) in [5, 5.41) is 30.5. The molecule has 3 aromatic rings. The minimum atomic E-state index is -0.558. The van der Waals surface area contributed by atoms with Gasteiger partial charge in [-0.15, -0.1) is 0 Å². The topological polar surface area (TPSA) is 106 Å². The molecule has 0 fully saturated rings. The summed E-state index contributed by atoms with van der Waals surface area (Å²) in [7, 11) is 0. The van der Waals surface area contributed by atoms with Crippen molar-refractivity contribution in [3.63, 3.8) is 0 Å². The molecule has 0 aliphatic rings. The molecule has 0 atom stereocenters. The van der Waals surface area contributed by atoms with Crippen LogP contribution in [0.5, 0.6) is 11.5 Å². The number of hydrogen-bond acceptors (Lipinski definition) is 5. The third-order valence-corrected chi connectivity index (χ3v) is 4.90. The average molecular weight is 474 g/mol. The zero-order valence-electron chi connectivity index (χ0n) is 16.2. The van der Waals surface area contributed by atoms with Gasteiger partial charge in [-0.25, -0.2) is 0 Å². The first-order valence-corrected chi connectivity index (χ1v) is 9.92. The summed E-state index contributed by atoms with van der Waals surface area (Å²) in [5.41, 5.74) is 2.35. The molecule has 6 nitrogen and oxygen atoms in total. The molecule has 0 heterocycles. The van der Waals surface area contributed by atoms with Gasteiger partial charge >= 0.3 is 0 Å². The average Bonchev–Trinajstić information content (AvgIpc) is 2.78. The van der Waals surface area contributed by atoms with Gasteiger partial charge < -0.3 is 15.2 Å². The molecule has 3 aromatic carbocycles. The number of carbonyl (C=O) groups is 1. The van der Waals surface area contributed by atoms with Crippen LogP contribution in [0.25, 0.3) is 6.08 Å². The molecule has 7 heteroatoms. The minimum absolute atomic E-state index is 0.0726. The number of nitrogens with one attached hydrogen (secondary N) is 1. The molecule has 0 spiro atoms. The van der Waals surface area contributed by atoms with Crippen LogP contribution in [0.4, 0.5) is 5.69 Å². The SMILES string of the molecule is N#C/C(=C\c1ccc(OCc2ccccc2C#N)c(Br)c1)C(=O)Nc1ccc(O)cc1. The molecule has 0 bridgehead atoms. The zero-order valence-corrected chi connectivity index (χ0v) is 17.8. The summed E-state index contributed by atoms with van der Waals surface area (Å²) in [6, 6.07) is 22.4. The highest BCUT2D eigenvalue weighted by Gasteiger charge is 2.11. The van der Waals surface area contributed by atoms with Crippen molar-refractivity contribution in [3.8, 4) is 23.6 Å². The molecule has 1 amide bonds. The Labute approximate surface area is 187 Å². The lowest BCUT2D eigenvalue weighted by molar-refractivity contribution is -0.112. The van der Waals surface area contributed by atoms with Crippen molar-refractivity contribution in [1.82, 2.24) is 0 Å². The first-order valence-electron chi connectivity index (χ1n) is 9.12. The number of halogens is 1. The zero-order chi connectivity index (χ0) is 22.2. The normalized spacial score (nSPS) is 10.6. The molecule has 31 heavy (non-hydrogen) atoms. The number of amides is 1. The summed E-state index contributed by atoms with van der Waals surface area (Å²) in [5.74, 6) is 0.0898. The van der Waals surface area contributed by atoms with Crippen LogP contribution in [0, 0.1) is 22.7 Å². The Morgan fingerprint density at radius 3 is 2.52 bits per heavy atom. The summed E-state index contributed by atoms with van der Waals surface area (Å²) in [4.78, 5) is 12.4. The number of anilines is 1. The van der Waals surface area contributed by atoms with Crippen molar-refractivity contribution in [2.45, 2.75) is 6.61 Å². The lowest BCUT2D eigenvalue weighted by atomic mass is 10.1. The second-order valence-electron chi connectivity index (χ2n) is 6.42. The predicted octanol–water partition coefficient (Wildman–Crippen LogP) is 5.15. The number of nitrogens with zero attached hydrogens (tertiary/aromatic N) is 2. The van der Waals surface area contributed by atoms with Crippen LogP contribution in [0.2, 0.25) is 0 Å². The lowest BCUT2D eigenvalue weighted by Gasteiger charge is -2.10. The van der Waals surface area contributed by atoms with Gasteiger partial charge in [-0.05, 0) is 70.0 Å². The lowest BCUT2D eigenvalue weighted by Crippen LogP contribution is -2.13.